The number of carbonyl (C=O) groups is 1. The third-order valence-corrected chi connectivity index (χ3v) is 5.53. The Morgan fingerprint density at radius 3 is 2.44 bits per heavy atom. The van der Waals surface area contributed by atoms with Crippen LogP contribution in [-0.4, -0.2) is 25.7 Å². The zero-order valence-corrected chi connectivity index (χ0v) is 15.1. The maximum absolute atomic E-state index is 13.4. The smallest absolute Gasteiger partial charge is 0.251 e. The quantitative estimate of drug-likeness (QED) is 0.743. The number of hydrogen-bond donors (Lipinski definition) is 1. The van der Waals surface area contributed by atoms with Gasteiger partial charge in [-0.25, -0.2) is 4.39 Å². The summed E-state index contributed by atoms with van der Waals surface area (Å²) in [6.45, 7) is 1.78. The lowest BCUT2D eigenvalue weighted by Crippen LogP contribution is -2.44. The van der Waals surface area contributed by atoms with E-state index in [1.54, 1.807) is 0 Å². The van der Waals surface area contributed by atoms with E-state index >= 15 is 0 Å². The Balaban J connectivity index is 1.59. The fraction of sp³-hybridized carbons (Fsp3) is 0.261. The molecular formula is C23H22FNO2. The molecule has 4 heteroatoms. The van der Waals surface area contributed by atoms with Gasteiger partial charge in [0, 0.05) is 30.7 Å². The summed E-state index contributed by atoms with van der Waals surface area (Å²) < 4.78 is 18.9. The summed E-state index contributed by atoms with van der Waals surface area (Å²) in [4.78, 5) is 12.9. The number of benzene rings is 3. The second-order valence-electron chi connectivity index (χ2n) is 7.11. The summed E-state index contributed by atoms with van der Waals surface area (Å²) in [7, 11) is 0. The largest absolute Gasteiger partial charge is 0.381 e. The van der Waals surface area contributed by atoms with Crippen molar-refractivity contribution in [2.24, 2.45) is 0 Å². The van der Waals surface area contributed by atoms with E-state index in [-0.39, 0.29) is 17.1 Å². The molecule has 0 bridgehead atoms. The van der Waals surface area contributed by atoms with Gasteiger partial charge in [-0.2, -0.15) is 0 Å². The highest BCUT2D eigenvalue weighted by atomic mass is 19.1. The van der Waals surface area contributed by atoms with Crippen molar-refractivity contribution in [2.75, 3.05) is 19.8 Å². The highest BCUT2D eigenvalue weighted by Gasteiger charge is 2.35. The van der Waals surface area contributed by atoms with Gasteiger partial charge in [-0.15, -0.1) is 0 Å². The Morgan fingerprint density at radius 1 is 0.963 bits per heavy atom. The predicted molar refractivity (Wildman–Crippen MR) is 104 cm³/mol. The van der Waals surface area contributed by atoms with Crippen LogP contribution in [0.4, 0.5) is 4.39 Å². The molecule has 1 heterocycles. The highest BCUT2D eigenvalue weighted by Crippen LogP contribution is 2.34. The van der Waals surface area contributed by atoms with Crippen LogP contribution in [0, 0.1) is 5.82 Å². The number of ether oxygens (including phenoxy) is 1. The molecule has 0 saturated carbocycles. The fourth-order valence-electron chi connectivity index (χ4n) is 3.90. The second kappa shape index (κ2) is 7.49. The van der Waals surface area contributed by atoms with Crippen molar-refractivity contribution in [2.45, 2.75) is 18.3 Å². The van der Waals surface area contributed by atoms with Crippen LogP contribution in [0.25, 0.3) is 10.8 Å². The van der Waals surface area contributed by atoms with E-state index in [9.17, 15) is 9.18 Å². The van der Waals surface area contributed by atoms with Crippen LogP contribution in [0.3, 0.4) is 0 Å². The van der Waals surface area contributed by atoms with Crippen LogP contribution < -0.4 is 5.32 Å². The van der Waals surface area contributed by atoms with Crippen molar-refractivity contribution < 1.29 is 13.9 Å². The highest BCUT2D eigenvalue weighted by molar-refractivity contribution is 6.07. The molecule has 3 nitrogen and oxygen atoms in total. The first-order valence-electron chi connectivity index (χ1n) is 9.28. The first-order valence-corrected chi connectivity index (χ1v) is 9.28. The Bertz CT molecular complexity index is 941. The third kappa shape index (κ3) is 3.58. The van der Waals surface area contributed by atoms with Gasteiger partial charge in [-0.3, -0.25) is 4.79 Å². The van der Waals surface area contributed by atoms with E-state index in [1.165, 1.54) is 12.1 Å². The molecule has 4 rings (SSSR count). The molecule has 0 atom stereocenters. The zero-order chi connectivity index (χ0) is 18.7. The fourth-order valence-corrected chi connectivity index (χ4v) is 3.90. The number of halogens is 1. The van der Waals surface area contributed by atoms with E-state index in [0.29, 0.717) is 25.3 Å². The van der Waals surface area contributed by atoms with Crippen molar-refractivity contribution in [3.63, 3.8) is 0 Å². The Labute approximate surface area is 158 Å². The second-order valence-corrected chi connectivity index (χ2v) is 7.11. The maximum atomic E-state index is 13.4. The summed E-state index contributed by atoms with van der Waals surface area (Å²) in [6, 6.07) is 20.3. The van der Waals surface area contributed by atoms with Crippen molar-refractivity contribution in [1.82, 2.24) is 5.32 Å². The van der Waals surface area contributed by atoms with Crippen molar-refractivity contribution >= 4 is 16.7 Å². The van der Waals surface area contributed by atoms with Crippen molar-refractivity contribution in [1.29, 1.82) is 0 Å². The molecule has 138 valence electrons. The summed E-state index contributed by atoms with van der Waals surface area (Å²) in [5.41, 5.74) is 1.49. The van der Waals surface area contributed by atoms with Gasteiger partial charge >= 0.3 is 0 Å². The van der Waals surface area contributed by atoms with Crippen LogP contribution in [-0.2, 0) is 10.2 Å². The molecule has 0 aromatic heterocycles. The first-order chi connectivity index (χ1) is 13.2. The minimum Gasteiger partial charge on any atom is -0.381 e. The lowest BCUT2D eigenvalue weighted by Gasteiger charge is -2.38. The molecule has 0 radical (unpaired) electrons. The van der Waals surface area contributed by atoms with Crippen LogP contribution in [0.1, 0.15) is 28.8 Å². The zero-order valence-electron chi connectivity index (χ0n) is 15.1. The molecule has 27 heavy (non-hydrogen) atoms. The SMILES string of the molecule is O=C(NCC1(c2ccc(F)cc2)CCOCC1)c1cccc2ccccc12. The van der Waals surface area contributed by atoms with Crippen molar-refractivity contribution in [3.05, 3.63) is 83.7 Å². The Hall–Kier alpha value is -2.72. The average molecular weight is 363 g/mol. The lowest BCUT2D eigenvalue weighted by molar-refractivity contribution is 0.0487. The van der Waals surface area contributed by atoms with E-state index < -0.39 is 0 Å². The number of amides is 1. The van der Waals surface area contributed by atoms with Gasteiger partial charge in [0.2, 0.25) is 0 Å². The summed E-state index contributed by atoms with van der Waals surface area (Å²) in [5.74, 6) is -0.333. The van der Waals surface area contributed by atoms with Gasteiger partial charge in [0.15, 0.2) is 0 Å². The number of nitrogens with one attached hydrogen (secondary N) is 1. The predicted octanol–water partition coefficient (Wildman–Crippen LogP) is 4.46. The minimum atomic E-state index is -0.249. The van der Waals surface area contributed by atoms with Crippen LogP contribution >= 0.6 is 0 Å². The molecule has 0 unspecified atom stereocenters. The molecule has 1 aliphatic heterocycles. The number of rotatable bonds is 4. The molecule has 1 saturated heterocycles. The molecular weight excluding hydrogens is 341 g/mol. The topological polar surface area (TPSA) is 38.3 Å². The number of hydrogen-bond acceptors (Lipinski definition) is 2. The van der Waals surface area contributed by atoms with Gasteiger partial charge in [0.1, 0.15) is 5.82 Å². The van der Waals surface area contributed by atoms with Crippen LogP contribution in [0.5, 0.6) is 0 Å². The summed E-state index contributed by atoms with van der Waals surface area (Å²) >= 11 is 0. The third-order valence-electron chi connectivity index (χ3n) is 5.53. The molecule has 1 amide bonds. The molecule has 1 N–H and O–H groups in total. The van der Waals surface area contributed by atoms with Gasteiger partial charge in [-0.1, -0.05) is 48.5 Å². The molecule has 3 aromatic rings. The molecule has 3 aromatic carbocycles. The average Bonchev–Trinajstić information content (AvgIpc) is 2.73. The van der Waals surface area contributed by atoms with Gasteiger partial charge in [0.05, 0.1) is 0 Å². The summed E-state index contributed by atoms with van der Waals surface area (Å²) in [5, 5.41) is 5.12. The maximum Gasteiger partial charge on any atom is 0.251 e. The van der Waals surface area contributed by atoms with Gasteiger partial charge < -0.3 is 10.1 Å². The van der Waals surface area contributed by atoms with E-state index in [1.807, 2.05) is 54.6 Å². The van der Waals surface area contributed by atoms with Crippen LogP contribution in [0.2, 0.25) is 0 Å². The molecule has 0 aliphatic carbocycles. The normalized spacial score (nSPS) is 16.2. The molecule has 0 spiro atoms. The van der Waals surface area contributed by atoms with Gasteiger partial charge in [0.25, 0.3) is 5.91 Å². The summed E-state index contributed by atoms with van der Waals surface area (Å²) in [6.07, 6.45) is 1.60. The van der Waals surface area contributed by atoms with Crippen molar-refractivity contribution in [3.8, 4) is 0 Å². The van der Waals surface area contributed by atoms with E-state index in [0.717, 1.165) is 29.2 Å². The van der Waals surface area contributed by atoms with Crippen LogP contribution in [0.15, 0.2) is 66.7 Å². The Morgan fingerprint density at radius 2 is 1.67 bits per heavy atom. The molecule has 1 fully saturated rings. The number of fused-ring (bicyclic) bond motifs is 1. The standard InChI is InChI=1S/C23H22FNO2/c24-19-10-8-18(9-11-19)23(12-14-27-15-13-23)16-25-22(26)21-7-3-5-17-4-1-2-6-20(17)21/h1-11H,12-16H2,(H,25,26). The van der Waals surface area contributed by atoms with E-state index in [4.69, 9.17) is 4.74 Å². The van der Waals surface area contributed by atoms with E-state index in [2.05, 4.69) is 5.32 Å². The minimum absolute atomic E-state index is 0.0835. The first kappa shape index (κ1) is 17.7. The van der Waals surface area contributed by atoms with Gasteiger partial charge in [-0.05, 0) is 47.4 Å². The number of carbonyl (C=O) groups excluding carboxylic acids is 1. The monoisotopic (exact) mass is 363 g/mol. The lowest BCUT2D eigenvalue weighted by atomic mass is 9.74. The molecule has 1 aliphatic rings. The Kier molecular flexibility index (Phi) is 4.90.